The fourth-order valence-electron chi connectivity index (χ4n) is 2.44. The van der Waals surface area contributed by atoms with Crippen molar-refractivity contribution < 1.29 is 0 Å². The quantitative estimate of drug-likeness (QED) is 0.516. The van der Waals surface area contributed by atoms with Gasteiger partial charge in [-0.2, -0.15) is 5.10 Å². The maximum atomic E-state index is 4.68. The fourth-order valence-corrected chi connectivity index (χ4v) is 2.44. The van der Waals surface area contributed by atoms with E-state index in [-0.39, 0.29) is 0 Å². The van der Waals surface area contributed by atoms with E-state index >= 15 is 0 Å². The van der Waals surface area contributed by atoms with Gasteiger partial charge in [-0.05, 0) is 18.6 Å². The van der Waals surface area contributed by atoms with Crippen LogP contribution in [-0.4, -0.2) is 30.5 Å². The van der Waals surface area contributed by atoms with Crippen molar-refractivity contribution in [1.29, 1.82) is 0 Å². The van der Waals surface area contributed by atoms with Crippen molar-refractivity contribution in [3.05, 3.63) is 65.5 Å². The number of aromatic nitrogens is 5. The third-order valence-corrected chi connectivity index (χ3v) is 4.22. The lowest BCUT2D eigenvalue weighted by Gasteiger charge is -2.13. The third-order valence-electron chi connectivity index (χ3n) is 4.22. The van der Waals surface area contributed by atoms with Crippen LogP contribution in [0, 0.1) is 6.92 Å². The number of aliphatic imine (C=N–C) groups is 1. The molecule has 2 aromatic heterocycles. The van der Waals surface area contributed by atoms with E-state index in [0.29, 0.717) is 19.6 Å². The van der Waals surface area contributed by atoms with E-state index in [0.717, 1.165) is 28.9 Å². The Morgan fingerprint density at radius 2 is 1.81 bits per heavy atom. The SMILES string of the molecule is Cc1nnc(CNC(=NCc2ccccc2)NCc2ccnn2C)n1C. The summed E-state index contributed by atoms with van der Waals surface area (Å²) in [6.07, 6.45) is 1.79. The first-order valence-corrected chi connectivity index (χ1v) is 8.51. The summed E-state index contributed by atoms with van der Waals surface area (Å²) in [6, 6.07) is 12.1. The maximum absolute atomic E-state index is 4.68. The number of guanidine groups is 1. The van der Waals surface area contributed by atoms with Gasteiger partial charge < -0.3 is 15.2 Å². The van der Waals surface area contributed by atoms with Crippen LogP contribution in [0.15, 0.2) is 47.6 Å². The highest BCUT2D eigenvalue weighted by molar-refractivity contribution is 5.79. The summed E-state index contributed by atoms with van der Waals surface area (Å²) < 4.78 is 3.80. The zero-order chi connectivity index (χ0) is 18.4. The Kier molecular flexibility index (Phi) is 5.62. The van der Waals surface area contributed by atoms with Gasteiger partial charge in [0.25, 0.3) is 0 Å². The number of nitrogens with one attached hydrogen (secondary N) is 2. The van der Waals surface area contributed by atoms with E-state index in [2.05, 4.69) is 43.1 Å². The Bertz CT molecular complexity index is 862. The molecule has 0 aliphatic carbocycles. The Hall–Kier alpha value is -3.16. The van der Waals surface area contributed by atoms with Crippen molar-refractivity contribution >= 4 is 5.96 Å². The summed E-state index contributed by atoms with van der Waals surface area (Å²) in [5.74, 6) is 2.46. The molecular formula is C18H24N8. The molecule has 0 saturated heterocycles. The monoisotopic (exact) mass is 352 g/mol. The average molecular weight is 352 g/mol. The van der Waals surface area contributed by atoms with Gasteiger partial charge in [-0.3, -0.25) is 4.68 Å². The number of benzene rings is 1. The van der Waals surface area contributed by atoms with E-state index in [9.17, 15) is 0 Å². The second kappa shape index (κ2) is 8.28. The topological polar surface area (TPSA) is 85.0 Å². The Balaban J connectivity index is 1.67. The molecule has 1 aromatic carbocycles. The van der Waals surface area contributed by atoms with Crippen LogP contribution < -0.4 is 10.6 Å². The standard InChI is InChI=1S/C18H24N8/c1-14-23-24-17(25(14)2)13-21-18(19-11-15-7-5-4-6-8-15)20-12-16-9-10-22-26(16)3/h4-10H,11-13H2,1-3H3,(H2,19,20,21). The number of hydrogen-bond donors (Lipinski definition) is 2. The van der Waals surface area contributed by atoms with Crippen LogP contribution in [0.25, 0.3) is 0 Å². The van der Waals surface area contributed by atoms with Crippen molar-refractivity contribution in [1.82, 2.24) is 35.2 Å². The van der Waals surface area contributed by atoms with Gasteiger partial charge in [-0.25, -0.2) is 4.99 Å². The van der Waals surface area contributed by atoms with Crippen LogP contribution in [0.4, 0.5) is 0 Å². The molecule has 0 aliphatic heterocycles. The number of hydrogen-bond acceptors (Lipinski definition) is 4. The van der Waals surface area contributed by atoms with E-state index in [1.807, 2.05) is 54.5 Å². The third kappa shape index (κ3) is 4.47. The smallest absolute Gasteiger partial charge is 0.192 e. The highest BCUT2D eigenvalue weighted by Crippen LogP contribution is 2.01. The minimum Gasteiger partial charge on any atom is -0.351 e. The lowest BCUT2D eigenvalue weighted by Crippen LogP contribution is -2.37. The summed E-state index contributed by atoms with van der Waals surface area (Å²) in [6.45, 7) is 3.71. The van der Waals surface area contributed by atoms with Gasteiger partial charge in [-0.15, -0.1) is 10.2 Å². The minimum absolute atomic E-state index is 0.545. The summed E-state index contributed by atoms with van der Waals surface area (Å²) in [5.41, 5.74) is 2.23. The molecule has 2 N–H and O–H groups in total. The molecule has 3 rings (SSSR count). The first-order valence-electron chi connectivity index (χ1n) is 8.51. The van der Waals surface area contributed by atoms with Gasteiger partial charge >= 0.3 is 0 Å². The number of nitrogens with zero attached hydrogens (tertiary/aromatic N) is 6. The normalized spacial score (nSPS) is 11.6. The molecule has 2 heterocycles. The first kappa shape index (κ1) is 17.7. The highest BCUT2D eigenvalue weighted by atomic mass is 15.3. The van der Waals surface area contributed by atoms with Crippen LogP contribution in [0.2, 0.25) is 0 Å². The van der Waals surface area contributed by atoms with Crippen LogP contribution in [0.5, 0.6) is 0 Å². The van der Waals surface area contributed by atoms with Gasteiger partial charge in [-0.1, -0.05) is 30.3 Å². The largest absolute Gasteiger partial charge is 0.351 e. The summed E-state index contributed by atoms with van der Waals surface area (Å²) >= 11 is 0. The van der Waals surface area contributed by atoms with E-state index in [4.69, 9.17) is 0 Å². The first-order chi connectivity index (χ1) is 12.6. The van der Waals surface area contributed by atoms with E-state index < -0.39 is 0 Å². The predicted molar refractivity (Wildman–Crippen MR) is 100 cm³/mol. The second-order valence-electron chi connectivity index (χ2n) is 6.03. The molecule has 0 atom stereocenters. The molecule has 0 amide bonds. The number of rotatable bonds is 6. The molecule has 8 nitrogen and oxygen atoms in total. The zero-order valence-corrected chi connectivity index (χ0v) is 15.3. The van der Waals surface area contributed by atoms with Crippen molar-refractivity contribution in [3.63, 3.8) is 0 Å². The van der Waals surface area contributed by atoms with E-state index in [1.165, 1.54) is 0 Å². The van der Waals surface area contributed by atoms with Crippen molar-refractivity contribution in [3.8, 4) is 0 Å². The average Bonchev–Trinajstić information content (AvgIpc) is 3.21. The van der Waals surface area contributed by atoms with Crippen LogP contribution in [0.1, 0.15) is 22.9 Å². The van der Waals surface area contributed by atoms with E-state index in [1.54, 1.807) is 6.20 Å². The van der Waals surface area contributed by atoms with Crippen molar-refractivity contribution in [2.45, 2.75) is 26.6 Å². The maximum Gasteiger partial charge on any atom is 0.192 e. The summed E-state index contributed by atoms with van der Waals surface area (Å²) in [7, 11) is 3.88. The molecule has 136 valence electrons. The molecule has 0 saturated carbocycles. The Labute approximate surface area is 153 Å². The summed E-state index contributed by atoms with van der Waals surface area (Å²) in [4.78, 5) is 4.68. The molecule has 8 heteroatoms. The highest BCUT2D eigenvalue weighted by Gasteiger charge is 2.07. The molecule has 26 heavy (non-hydrogen) atoms. The van der Waals surface area contributed by atoms with Gasteiger partial charge in [0.2, 0.25) is 0 Å². The van der Waals surface area contributed by atoms with Crippen molar-refractivity contribution in [2.24, 2.45) is 19.1 Å². The predicted octanol–water partition coefficient (Wildman–Crippen LogP) is 1.29. The van der Waals surface area contributed by atoms with Crippen LogP contribution in [-0.2, 0) is 33.7 Å². The molecular weight excluding hydrogens is 328 g/mol. The molecule has 3 aromatic rings. The zero-order valence-electron chi connectivity index (χ0n) is 15.3. The molecule has 0 aliphatic rings. The lowest BCUT2D eigenvalue weighted by atomic mass is 10.2. The van der Waals surface area contributed by atoms with Gasteiger partial charge in [0.05, 0.1) is 25.3 Å². The number of aryl methyl sites for hydroxylation is 2. The molecule has 0 radical (unpaired) electrons. The molecule has 0 bridgehead atoms. The Morgan fingerprint density at radius 1 is 1.04 bits per heavy atom. The van der Waals surface area contributed by atoms with Gasteiger partial charge in [0.15, 0.2) is 11.8 Å². The van der Waals surface area contributed by atoms with Crippen LogP contribution in [0.3, 0.4) is 0 Å². The molecule has 0 unspecified atom stereocenters. The lowest BCUT2D eigenvalue weighted by molar-refractivity contribution is 0.674. The van der Waals surface area contributed by atoms with Crippen molar-refractivity contribution in [2.75, 3.05) is 0 Å². The second-order valence-corrected chi connectivity index (χ2v) is 6.03. The fraction of sp³-hybridized carbons (Fsp3) is 0.333. The minimum atomic E-state index is 0.545. The van der Waals surface area contributed by atoms with Gasteiger partial charge in [0, 0.05) is 20.3 Å². The summed E-state index contributed by atoms with van der Waals surface area (Å²) in [5, 5.41) is 19.1. The molecule has 0 spiro atoms. The van der Waals surface area contributed by atoms with Crippen LogP contribution >= 0.6 is 0 Å². The Morgan fingerprint density at radius 3 is 2.46 bits per heavy atom. The molecule has 0 fully saturated rings. The van der Waals surface area contributed by atoms with Gasteiger partial charge in [0.1, 0.15) is 5.82 Å².